The summed E-state index contributed by atoms with van der Waals surface area (Å²) in [6.07, 6.45) is 0.258. The Hall–Kier alpha value is -1.75. The molecule has 0 saturated heterocycles. The fourth-order valence-corrected chi connectivity index (χ4v) is 2.28. The lowest BCUT2D eigenvalue weighted by atomic mass is 10.0. The Morgan fingerprint density at radius 2 is 1.75 bits per heavy atom. The fraction of sp³-hybridized carbons (Fsp3) is 0.556. The first-order valence-corrected chi connectivity index (χ1v) is 8.48. The van der Waals surface area contributed by atoms with Crippen LogP contribution in [0.1, 0.15) is 51.4 Å². The number of nitrogens with one attached hydrogen (secondary N) is 2. The summed E-state index contributed by atoms with van der Waals surface area (Å²) in [6.45, 7) is 9.89. The third-order valence-electron chi connectivity index (χ3n) is 3.09. The molecule has 5 nitrogen and oxygen atoms in total. The van der Waals surface area contributed by atoms with Crippen LogP contribution in [-0.2, 0) is 4.74 Å². The zero-order valence-electron chi connectivity index (χ0n) is 15.0. The highest BCUT2D eigenvalue weighted by molar-refractivity contribution is 6.30. The second-order valence-electron chi connectivity index (χ2n) is 7.19. The summed E-state index contributed by atoms with van der Waals surface area (Å²) in [4.78, 5) is 24.1. The number of amides is 2. The molecule has 1 rings (SSSR count). The van der Waals surface area contributed by atoms with Gasteiger partial charge in [-0.05, 0) is 57.4 Å². The van der Waals surface area contributed by atoms with Crippen LogP contribution < -0.4 is 10.6 Å². The number of carbonyl (C=O) groups excluding carboxylic acids is 2. The Bertz CT molecular complexity index is 550. The number of rotatable bonds is 6. The molecule has 0 bridgehead atoms. The van der Waals surface area contributed by atoms with Crippen LogP contribution in [0.15, 0.2) is 24.3 Å². The second-order valence-corrected chi connectivity index (χ2v) is 7.63. The first kappa shape index (κ1) is 20.3. The predicted molar refractivity (Wildman–Crippen MR) is 96.4 cm³/mol. The number of halogens is 1. The van der Waals surface area contributed by atoms with Gasteiger partial charge in [-0.25, -0.2) is 4.79 Å². The lowest BCUT2D eigenvalue weighted by Gasteiger charge is -2.25. The summed E-state index contributed by atoms with van der Waals surface area (Å²) < 4.78 is 5.28. The first-order chi connectivity index (χ1) is 11.1. The minimum absolute atomic E-state index is 0.198. The SMILES string of the molecule is CC(C)CC(CNC(=O)c1ccc(Cl)cc1)NC(=O)OC(C)(C)C. The van der Waals surface area contributed by atoms with Crippen molar-refractivity contribution in [3.8, 4) is 0 Å². The van der Waals surface area contributed by atoms with E-state index >= 15 is 0 Å². The van der Waals surface area contributed by atoms with E-state index in [4.69, 9.17) is 16.3 Å². The van der Waals surface area contributed by atoms with Gasteiger partial charge in [-0.3, -0.25) is 4.79 Å². The number of hydrogen-bond acceptors (Lipinski definition) is 3. The minimum Gasteiger partial charge on any atom is -0.444 e. The average Bonchev–Trinajstić information content (AvgIpc) is 2.42. The lowest BCUT2D eigenvalue weighted by molar-refractivity contribution is 0.0496. The molecule has 0 aliphatic heterocycles. The molecule has 134 valence electrons. The Kier molecular flexibility index (Phi) is 7.55. The molecule has 1 aromatic carbocycles. The van der Waals surface area contributed by atoms with Crippen molar-refractivity contribution in [3.63, 3.8) is 0 Å². The standard InChI is InChI=1S/C18H27ClN2O3/c1-12(2)10-15(21-17(23)24-18(3,4)5)11-20-16(22)13-6-8-14(19)9-7-13/h6-9,12,15H,10-11H2,1-5H3,(H,20,22)(H,21,23). The molecule has 0 fully saturated rings. The molecule has 0 heterocycles. The van der Waals surface area contributed by atoms with Crippen molar-refractivity contribution in [2.24, 2.45) is 5.92 Å². The molecule has 1 aromatic rings. The van der Waals surface area contributed by atoms with Crippen LogP contribution in [0, 0.1) is 5.92 Å². The van der Waals surface area contributed by atoms with E-state index in [1.54, 1.807) is 24.3 Å². The minimum atomic E-state index is -0.557. The largest absolute Gasteiger partial charge is 0.444 e. The molecule has 1 unspecified atom stereocenters. The van der Waals surface area contributed by atoms with Crippen LogP contribution in [0.4, 0.5) is 4.79 Å². The van der Waals surface area contributed by atoms with Crippen LogP contribution in [0.25, 0.3) is 0 Å². The molecule has 2 amide bonds. The summed E-state index contributed by atoms with van der Waals surface area (Å²) in [5.41, 5.74) is -0.0288. The summed E-state index contributed by atoms with van der Waals surface area (Å²) in [5.74, 6) is 0.170. The molecular formula is C18H27ClN2O3. The quantitative estimate of drug-likeness (QED) is 0.811. The van der Waals surface area contributed by atoms with Gasteiger partial charge in [-0.1, -0.05) is 25.4 Å². The van der Waals surface area contributed by atoms with E-state index in [0.717, 1.165) is 6.42 Å². The third kappa shape index (κ3) is 8.20. The lowest BCUT2D eigenvalue weighted by Crippen LogP contribution is -2.46. The van der Waals surface area contributed by atoms with E-state index in [9.17, 15) is 9.59 Å². The van der Waals surface area contributed by atoms with E-state index in [0.29, 0.717) is 23.0 Å². The maximum atomic E-state index is 12.2. The molecule has 6 heteroatoms. The molecule has 0 aliphatic rings. The first-order valence-electron chi connectivity index (χ1n) is 8.10. The van der Waals surface area contributed by atoms with E-state index in [1.807, 2.05) is 20.8 Å². The zero-order chi connectivity index (χ0) is 18.3. The fourth-order valence-electron chi connectivity index (χ4n) is 2.16. The maximum absolute atomic E-state index is 12.2. The molecule has 0 saturated carbocycles. The van der Waals surface area contributed by atoms with Gasteiger partial charge in [0.15, 0.2) is 0 Å². The van der Waals surface area contributed by atoms with Gasteiger partial charge in [0.1, 0.15) is 5.60 Å². The van der Waals surface area contributed by atoms with Crippen molar-refractivity contribution in [2.45, 2.75) is 52.7 Å². The van der Waals surface area contributed by atoms with Crippen LogP contribution in [-0.4, -0.2) is 30.2 Å². The topological polar surface area (TPSA) is 67.4 Å². The highest BCUT2D eigenvalue weighted by atomic mass is 35.5. The molecule has 0 radical (unpaired) electrons. The van der Waals surface area contributed by atoms with Crippen LogP contribution >= 0.6 is 11.6 Å². The Labute approximate surface area is 149 Å². The van der Waals surface area contributed by atoms with E-state index in [1.165, 1.54) is 0 Å². The molecule has 24 heavy (non-hydrogen) atoms. The smallest absolute Gasteiger partial charge is 0.407 e. The van der Waals surface area contributed by atoms with Crippen molar-refractivity contribution < 1.29 is 14.3 Å². The van der Waals surface area contributed by atoms with Gasteiger partial charge < -0.3 is 15.4 Å². The second kappa shape index (κ2) is 8.92. The predicted octanol–water partition coefficient (Wildman–Crippen LogP) is 4.01. The monoisotopic (exact) mass is 354 g/mol. The van der Waals surface area contributed by atoms with Crippen LogP contribution in [0.2, 0.25) is 5.02 Å². The number of hydrogen-bond donors (Lipinski definition) is 2. The van der Waals surface area contributed by atoms with E-state index < -0.39 is 11.7 Å². The molecular weight excluding hydrogens is 328 g/mol. The van der Waals surface area contributed by atoms with Crippen LogP contribution in [0.3, 0.4) is 0 Å². The summed E-state index contributed by atoms with van der Waals surface area (Å²) in [7, 11) is 0. The molecule has 0 spiro atoms. The van der Waals surface area contributed by atoms with E-state index in [2.05, 4.69) is 24.5 Å². The Morgan fingerprint density at radius 1 is 1.17 bits per heavy atom. The van der Waals surface area contributed by atoms with Gasteiger partial charge >= 0.3 is 6.09 Å². The highest BCUT2D eigenvalue weighted by Gasteiger charge is 2.20. The molecule has 0 aliphatic carbocycles. The summed E-state index contributed by atoms with van der Waals surface area (Å²) >= 11 is 5.82. The Morgan fingerprint density at radius 3 is 2.25 bits per heavy atom. The average molecular weight is 355 g/mol. The van der Waals surface area contributed by atoms with Crippen molar-refractivity contribution in [2.75, 3.05) is 6.54 Å². The number of benzene rings is 1. The van der Waals surface area contributed by atoms with Gasteiger partial charge in [0.25, 0.3) is 5.91 Å². The van der Waals surface area contributed by atoms with Crippen molar-refractivity contribution in [1.82, 2.24) is 10.6 Å². The normalized spacial score (nSPS) is 12.6. The Balaban J connectivity index is 2.60. The van der Waals surface area contributed by atoms with E-state index in [-0.39, 0.29) is 11.9 Å². The van der Waals surface area contributed by atoms with Gasteiger partial charge in [-0.15, -0.1) is 0 Å². The van der Waals surface area contributed by atoms with Gasteiger partial charge in [0.2, 0.25) is 0 Å². The van der Waals surface area contributed by atoms with Crippen LogP contribution in [0.5, 0.6) is 0 Å². The zero-order valence-corrected chi connectivity index (χ0v) is 15.7. The number of carbonyl (C=O) groups is 2. The van der Waals surface area contributed by atoms with Crippen molar-refractivity contribution in [1.29, 1.82) is 0 Å². The van der Waals surface area contributed by atoms with Crippen molar-refractivity contribution >= 4 is 23.6 Å². The molecule has 0 aromatic heterocycles. The summed E-state index contributed by atoms with van der Waals surface area (Å²) in [5, 5.41) is 6.24. The molecule has 1 atom stereocenters. The van der Waals surface area contributed by atoms with Gasteiger partial charge in [0.05, 0.1) is 0 Å². The van der Waals surface area contributed by atoms with Gasteiger partial charge in [-0.2, -0.15) is 0 Å². The maximum Gasteiger partial charge on any atom is 0.407 e. The molecule has 2 N–H and O–H groups in total. The summed E-state index contributed by atoms with van der Waals surface area (Å²) in [6, 6.07) is 6.46. The number of ether oxygens (including phenoxy) is 1. The highest BCUT2D eigenvalue weighted by Crippen LogP contribution is 2.11. The van der Waals surface area contributed by atoms with Crippen molar-refractivity contribution in [3.05, 3.63) is 34.9 Å². The van der Waals surface area contributed by atoms with Gasteiger partial charge in [0, 0.05) is 23.2 Å². The number of alkyl carbamates (subject to hydrolysis) is 1. The third-order valence-corrected chi connectivity index (χ3v) is 3.34.